The molecule has 3 N–H and O–H groups in total. The van der Waals surface area contributed by atoms with Crippen LogP contribution in [-0.2, 0) is 10.0 Å². The van der Waals surface area contributed by atoms with Crippen molar-refractivity contribution < 1.29 is 13.2 Å². The first-order valence-corrected chi connectivity index (χ1v) is 8.26. The van der Waals surface area contributed by atoms with E-state index in [1.165, 1.54) is 13.2 Å². The van der Waals surface area contributed by atoms with E-state index in [0.29, 0.717) is 10.2 Å². The Morgan fingerprint density at radius 1 is 1.45 bits per heavy atom. The smallest absolute Gasteiger partial charge is 0.244 e. The Labute approximate surface area is 133 Å². The number of nitrogens with one attached hydrogen (secondary N) is 1. The van der Waals surface area contributed by atoms with Gasteiger partial charge < -0.3 is 10.5 Å². The Kier molecular flexibility index (Phi) is 5.86. The van der Waals surface area contributed by atoms with E-state index in [1.54, 1.807) is 12.1 Å². The van der Waals surface area contributed by atoms with Crippen LogP contribution in [-0.4, -0.2) is 27.6 Å². The van der Waals surface area contributed by atoms with Crippen LogP contribution in [0, 0.1) is 0 Å². The molecule has 20 heavy (non-hydrogen) atoms. The molecule has 0 unspecified atom stereocenters. The largest absolute Gasteiger partial charge is 0.495 e. The zero-order chi connectivity index (χ0) is 14.1. The van der Waals surface area contributed by atoms with Crippen LogP contribution in [0.2, 0.25) is 0 Å². The number of ether oxygens (including phenoxy) is 1. The minimum Gasteiger partial charge on any atom is -0.495 e. The first kappa shape index (κ1) is 17.7. The molecule has 1 fully saturated rings. The Balaban J connectivity index is 0.00000200. The quantitative estimate of drug-likeness (QED) is 0.812. The molecule has 2 rings (SSSR count). The lowest BCUT2D eigenvalue weighted by atomic mass is 9.78. The van der Waals surface area contributed by atoms with E-state index in [4.69, 9.17) is 10.5 Å². The fourth-order valence-electron chi connectivity index (χ4n) is 1.98. The maximum Gasteiger partial charge on any atom is 0.244 e. The van der Waals surface area contributed by atoms with Crippen LogP contribution >= 0.6 is 28.3 Å². The fourth-order valence-corrected chi connectivity index (χ4v) is 3.83. The molecule has 0 bridgehead atoms. The average Bonchev–Trinajstić information content (AvgIpc) is 2.34. The highest BCUT2D eigenvalue weighted by atomic mass is 79.9. The van der Waals surface area contributed by atoms with Crippen molar-refractivity contribution in [2.24, 2.45) is 5.73 Å². The van der Waals surface area contributed by atoms with Gasteiger partial charge in [-0.3, -0.25) is 0 Å². The monoisotopic (exact) mass is 384 g/mol. The Morgan fingerprint density at radius 2 is 2.10 bits per heavy atom. The average molecular weight is 386 g/mol. The normalized spacial score (nSPS) is 16.9. The first-order chi connectivity index (χ1) is 8.86. The molecule has 1 aromatic rings. The highest BCUT2D eigenvalue weighted by Crippen LogP contribution is 2.30. The number of rotatable bonds is 5. The molecule has 0 aliphatic heterocycles. The molecule has 1 saturated carbocycles. The third kappa shape index (κ3) is 3.85. The van der Waals surface area contributed by atoms with Gasteiger partial charge in [-0.25, -0.2) is 13.1 Å². The minimum absolute atomic E-state index is 0. The number of benzene rings is 1. The van der Waals surface area contributed by atoms with Crippen LogP contribution in [0.25, 0.3) is 0 Å². The molecule has 0 saturated heterocycles. The second-order valence-corrected chi connectivity index (χ2v) is 7.49. The van der Waals surface area contributed by atoms with Gasteiger partial charge in [0, 0.05) is 16.6 Å². The maximum absolute atomic E-state index is 12.3. The summed E-state index contributed by atoms with van der Waals surface area (Å²) in [6.07, 6.45) is 2.76. The molecular formula is C12H18BrClN2O3S. The maximum atomic E-state index is 12.3. The molecule has 0 atom stereocenters. The minimum atomic E-state index is -3.62. The second-order valence-electron chi connectivity index (χ2n) is 4.84. The summed E-state index contributed by atoms with van der Waals surface area (Å²) in [7, 11) is -2.18. The van der Waals surface area contributed by atoms with E-state index in [2.05, 4.69) is 20.7 Å². The molecule has 114 valence electrons. The zero-order valence-electron chi connectivity index (χ0n) is 11.1. The summed E-state index contributed by atoms with van der Waals surface area (Å²) in [5.41, 5.74) is 5.62. The Morgan fingerprint density at radius 3 is 2.60 bits per heavy atom. The van der Waals surface area contributed by atoms with Crippen LogP contribution in [0.3, 0.4) is 0 Å². The molecule has 1 aliphatic carbocycles. The zero-order valence-corrected chi connectivity index (χ0v) is 14.3. The van der Waals surface area contributed by atoms with Crippen LogP contribution < -0.4 is 15.2 Å². The van der Waals surface area contributed by atoms with Crippen molar-refractivity contribution in [3.63, 3.8) is 0 Å². The van der Waals surface area contributed by atoms with E-state index < -0.39 is 15.6 Å². The number of sulfonamides is 1. The van der Waals surface area contributed by atoms with Crippen LogP contribution in [0.4, 0.5) is 0 Å². The second kappa shape index (κ2) is 6.62. The third-order valence-corrected chi connectivity index (χ3v) is 5.29. The van der Waals surface area contributed by atoms with Crippen LogP contribution in [0.15, 0.2) is 27.6 Å². The van der Waals surface area contributed by atoms with E-state index in [-0.39, 0.29) is 23.8 Å². The number of hydrogen-bond donors (Lipinski definition) is 2. The van der Waals surface area contributed by atoms with E-state index in [0.717, 1.165) is 19.3 Å². The summed E-state index contributed by atoms with van der Waals surface area (Å²) < 4.78 is 32.9. The number of halogens is 2. The van der Waals surface area contributed by atoms with E-state index in [9.17, 15) is 8.42 Å². The summed E-state index contributed by atoms with van der Waals surface area (Å²) in [5, 5.41) is 0. The SMILES string of the molecule is COc1ccc(Br)cc1S(=O)(=O)NCC1(N)CCC1.Cl. The number of methoxy groups -OCH3 is 1. The van der Waals surface area contributed by atoms with Gasteiger partial charge in [0.15, 0.2) is 0 Å². The summed E-state index contributed by atoms with van der Waals surface area (Å²) in [6.45, 7) is 0.255. The molecule has 0 radical (unpaired) electrons. The van der Waals surface area contributed by atoms with Gasteiger partial charge in [0.05, 0.1) is 7.11 Å². The summed E-state index contributed by atoms with van der Waals surface area (Å²) in [4.78, 5) is 0.118. The highest BCUT2D eigenvalue weighted by molar-refractivity contribution is 9.10. The van der Waals surface area contributed by atoms with Gasteiger partial charge in [-0.15, -0.1) is 12.4 Å². The lowest BCUT2D eigenvalue weighted by Gasteiger charge is -2.38. The first-order valence-electron chi connectivity index (χ1n) is 5.98. The molecule has 0 heterocycles. The highest BCUT2D eigenvalue weighted by Gasteiger charge is 2.34. The topological polar surface area (TPSA) is 81.4 Å². The van der Waals surface area contributed by atoms with Gasteiger partial charge in [-0.05, 0) is 37.5 Å². The van der Waals surface area contributed by atoms with Gasteiger partial charge in [0.2, 0.25) is 10.0 Å². The number of nitrogens with two attached hydrogens (primary N) is 1. The van der Waals surface area contributed by atoms with Crippen LogP contribution in [0.1, 0.15) is 19.3 Å². The van der Waals surface area contributed by atoms with E-state index >= 15 is 0 Å². The van der Waals surface area contributed by atoms with Crippen molar-refractivity contribution in [1.82, 2.24) is 4.72 Å². The van der Waals surface area contributed by atoms with Gasteiger partial charge in [-0.1, -0.05) is 15.9 Å². The Bertz CT molecular complexity index is 576. The molecule has 5 nitrogen and oxygen atoms in total. The van der Waals surface area contributed by atoms with Crippen molar-refractivity contribution in [3.05, 3.63) is 22.7 Å². The van der Waals surface area contributed by atoms with E-state index in [1.807, 2.05) is 0 Å². The molecule has 0 aromatic heterocycles. The predicted octanol–water partition coefficient (Wildman–Crippen LogP) is 2.04. The molecule has 1 aliphatic rings. The van der Waals surface area contributed by atoms with Gasteiger partial charge in [-0.2, -0.15) is 0 Å². The van der Waals surface area contributed by atoms with Gasteiger partial charge >= 0.3 is 0 Å². The molecule has 8 heteroatoms. The van der Waals surface area contributed by atoms with Gasteiger partial charge in [0.25, 0.3) is 0 Å². The lowest BCUT2D eigenvalue weighted by Crippen LogP contribution is -2.54. The van der Waals surface area contributed by atoms with Crippen LogP contribution in [0.5, 0.6) is 5.75 Å². The van der Waals surface area contributed by atoms with Crippen molar-refractivity contribution in [1.29, 1.82) is 0 Å². The molecule has 0 spiro atoms. The summed E-state index contributed by atoms with van der Waals surface area (Å²) >= 11 is 3.26. The Hall–Kier alpha value is -0.340. The molecule has 1 aromatic carbocycles. The van der Waals surface area contributed by atoms with Crippen molar-refractivity contribution >= 4 is 38.4 Å². The summed E-state index contributed by atoms with van der Waals surface area (Å²) in [6, 6.07) is 4.86. The predicted molar refractivity (Wildman–Crippen MR) is 83.9 cm³/mol. The third-order valence-electron chi connectivity index (χ3n) is 3.38. The van der Waals surface area contributed by atoms with Crippen molar-refractivity contribution in [2.75, 3.05) is 13.7 Å². The summed E-state index contributed by atoms with van der Waals surface area (Å²) in [5.74, 6) is 0.315. The molecule has 0 amide bonds. The number of hydrogen-bond acceptors (Lipinski definition) is 4. The van der Waals surface area contributed by atoms with Crippen molar-refractivity contribution in [3.8, 4) is 5.75 Å². The lowest BCUT2D eigenvalue weighted by molar-refractivity contribution is 0.251. The molecular weight excluding hydrogens is 368 g/mol. The van der Waals surface area contributed by atoms with Crippen molar-refractivity contribution in [2.45, 2.75) is 29.7 Å². The standard InChI is InChI=1S/C12H17BrN2O3S.ClH/c1-18-10-4-3-9(13)7-11(10)19(16,17)15-8-12(14)5-2-6-12;/h3-4,7,15H,2,5-6,8,14H2,1H3;1H. The fraction of sp³-hybridized carbons (Fsp3) is 0.500. The van der Waals surface area contributed by atoms with Gasteiger partial charge in [0.1, 0.15) is 10.6 Å².